The minimum absolute atomic E-state index is 0.0907. The Bertz CT molecular complexity index is 739. The van der Waals surface area contributed by atoms with Crippen molar-refractivity contribution in [1.82, 2.24) is 15.1 Å². The maximum absolute atomic E-state index is 13.9. The number of aliphatic hydroxyl groups is 1. The molecule has 3 rings (SSSR count). The summed E-state index contributed by atoms with van der Waals surface area (Å²) in [7, 11) is 0. The molecular formula is C16H16F3N3O2. The maximum Gasteiger partial charge on any atom is 0.352 e. The molecule has 5 nitrogen and oxygen atoms in total. The zero-order valence-electron chi connectivity index (χ0n) is 12.7. The molecule has 0 atom stereocenters. The molecule has 0 aliphatic heterocycles. The van der Waals surface area contributed by atoms with Crippen LogP contribution in [0.4, 0.5) is 13.2 Å². The highest BCUT2D eigenvalue weighted by atomic mass is 19.3. The zero-order chi connectivity index (χ0) is 17.4. The van der Waals surface area contributed by atoms with E-state index in [0.717, 1.165) is 0 Å². The Labute approximate surface area is 136 Å². The molecule has 1 saturated carbocycles. The third-order valence-electron chi connectivity index (χ3n) is 4.22. The van der Waals surface area contributed by atoms with Gasteiger partial charge in [-0.1, -0.05) is 0 Å². The van der Waals surface area contributed by atoms with Crippen molar-refractivity contribution in [1.29, 1.82) is 0 Å². The summed E-state index contributed by atoms with van der Waals surface area (Å²) in [6.07, 6.45) is 1.87. The number of carbonyl (C=O) groups is 1. The van der Waals surface area contributed by atoms with Crippen LogP contribution in [0.15, 0.2) is 36.5 Å². The van der Waals surface area contributed by atoms with Gasteiger partial charge in [-0.25, -0.2) is 9.07 Å². The Balaban J connectivity index is 1.63. The van der Waals surface area contributed by atoms with Crippen LogP contribution < -0.4 is 5.32 Å². The Morgan fingerprint density at radius 2 is 1.96 bits per heavy atom. The van der Waals surface area contributed by atoms with Crippen molar-refractivity contribution >= 4 is 5.91 Å². The lowest BCUT2D eigenvalue weighted by Crippen LogP contribution is -2.60. The molecule has 1 aliphatic rings. The molecule has 1 heterocycles. The standard InChI is InChI=1S/C16H16F3N3O2/c17-11-2-4-13(5-3-11)22-9-6-12(21-22)10-20-14(23)16(18,19)15(24)7-1-8-15/h2-6,9,24H,1,7-8,10H2,(H,20,23). The van der Waals surface area contributed by atoms with Gasteiger partial charge in [-0.2, -0.15) is 13.9 Å². The van der Waals surface area contributed by atoms with Crippen LogP contribution in [0.1, 0.15) is 25.0 Å². The van der Waals surface area contributed by atoms with Crippen molar-refractivity contribution in [2.24, 2.45) is 0 Å². The molecule has 1 aromatic carbocycles. The summed E-state index contributed by atoms with van der Waals surface area (Å²) in [6.45, 7) is -0.196. The van der Waals surface area contributed by atoms with Gasteiger partial charge < -0.3 is 10.4 Å². The summed E-state index contributed by atoms with van der Waals surface area (Å²) < 4.78 is 42.2. The van der Waals surface area contributed by atoms with Gasteiger partial charge in [0.15, 0.2) is 0 Å². The van der Waals surface area contributed by atoms with Gasteiger partial charge in [-0.3, -0.25) is 4.79 Å². The number of halogens is 3. The fourth-order valence-electron chi connectivity index (χ4n) is 2.51. The molecular weight excluding hydrogens is 323 g/mol. The van der Waals surface area contributed by atoms with Crippen molar-refractivity contribution in [2.45, 2.75) is 37.3 Å². The van der Waals surface area contributed by atoms with Gasteiger partial charge in [0.1, 0.15) is 11.4 Å². The molecule has 0 bridgehead atoms. The lowest BCUT2D eigenvalue weighted by atomic mass is 9.75. The second-order valence-electron chi connectivity index (χ2n) is 5.87. The molecule has 0 saturated heterocycles. The number of rotatable bonds is 5. The summed E-state index contributed by atoms with van der Waals surface area (Å²) >= 11 is 0. The summed E-state index contributed by atoms with van der Waals surface area (Å²) in [4.78, 5) is 11.7. The minimum atomic E-state index is -3.83. The van der Waals surface area contributed by atoms with Crippen LogP contribution in [0.5, 0.6) is 0 Å². The molecule has 1 fully saturated rings. The molecule has 0 spiro atoms. The first-order valence-electron chi connectivity index (χ1n) is 7.51. The minimum Gasteiger partial charge on any atom is -0.383 e. The van der Waals surface area contributed by atoms with Crippen molar-refractivity contribution in [2.75, 3.05) is 0 Å². The van der Waals surface area contributed by atoms with E-state index in [4.69, 9.17) is 0 Å². The molecule has 1 amide bonds. The molecule has 2 aromatic rings. The Morgan fingerprint density at radius 3 is 2.54 bits per heavy atom. The van der Waals surface area contributed by atoms with Crippen LogP contribution in [-0.4, -0.2) is 32.3 Å². The largest absolute Gasteiger partial charge is 0.383 e. The topological polar surface area (TPSA) is 67.2 Å². The van der Waals surface area contributed by atoms with Gasteiger partial charge in [0.25, 0.3) is 5.91 Å². The van der Waals surface area contributed by atoms with Crippen LogP contribution >= 0.6 is 0 Å². The molecule has 1 aromatic heterocycles. The lowest BCUT2D eigenvalue weighted by molar-refractivity contribution is -0.216. The average Bonchev–Trinajstić information content (AvgIpc) is 2.99. The first kappa shape index (κ1) is 16.5. The third kappa shape index (κ3) is 2.89. The third-order valence-corrected chi connectivity index (χ3v) is 4.22. The monoisotopic (exact) mass is 339 g/mol. The van der Waals surface area contributed by atoms with Gasteiger partial charge in [0.2, 0.25) is 0 Å². The SMILES string of the molecule is O=C(NCc1ccn(-c2ccc(F)cc2)n1)C(F)(F)C1(O)CCC1. The van der Waals surface area contributed by atoms with Crippen LogP contribution in [0.25, 0.3) is 5.69 Å². The molecule has 1 aliphatic carbocycles. The maximum atomic E-state index is 13.9. The molecule has 128 valence electrons. The number of nitrogens with one attached hydrogen (secondary N) is 1. The quantitative estimate of drug-likeness (QED) is 0.877. The van der Waals surface area contributed by atoms with Gasteiger partial charge in [0, 0.05) is 6.20 Å². The number of hydrogen-bond acceptors (Lipinski definition) is 3. The predicted molar refractivity (Wildman–Crippen MR) is 79.1 cm³/mol. The number of hydrogen-bond donors (Lipinski definition) is 2. The molecule has 0 radical (unpaired) electrons. The van der Waals surface area contributed by atoms with Gasteiger partial charge >= 0.3 is 5.92 Å². The van der Waals surface area contributed by atoms with Gasteiger partial charge in [-0.15, -0.1) is 0 Å². The normalized spacial score (nSPS) is 16.5. The Hall–Kier alpha value is -2.35. The fraction of sp³-hybridized carbons (Fsp3) is 0.375. The second kappa shape index (κ2) is 5.94. The van der Waals surface area contributed by atoms with E-state index >= 15 is 0 Å². The molecule has 2 N–H and O–H groups in total. The van der Waals surface area contributed by atoms with Crippen molar-refractivity contribution < 1.29 is 23.1 Å². The average molecular weight is 339 g/mol. The van der Waals surface area contributed by atoms with Crippen molar-refractivity contribution in [3.63, 3.8) is 0 Å². The molecule has 24 heavy (non-hydrogen) atoms. The summed E-state index contributed by atoms with van der Waals surface area (Å²) in [6, 6.07) is 7.15. The summed E-state index contributed by atoms with van der Waals surface area (Å²) in [5, 5.41) is 16.0. The van der Waals surface area contributed by atoms with E-state index in [1.807, 2.05) is 0 Å². The van der Waals surface area contributed by atoms with Crippen LogP contribution in [0, 0.1) is 5.82 Å². The van der Waals surface area contributed by atoms with E-state index in [0.29, 0.717) is 17.8 Å². The number of nitrogens with zero attached hydrogens (tertiary/aromatic N) is 2. The van der Waals surface area contributed by atoms with E-state index in [1.54, 1.807) is 12.3 Å². The van der Waals surface area contributed by atoms with Crippen molar-refractivity contribution in [3.05, 3.63) is 48.0 Å². The van der Waals surface area contributed by atoms with E-state index in [2.05, 4.69) is 10.4 Å². The van der Waals surface area contributed by atoms with Crippen molar-refractivity contribution in [3.8, 4) is 5.69 Å². The summed E-state index contributed by atoms with van der Waals surface area (Å²) in [5.74, 6) is -5.72. The number of aromatic nitrogens is 2. The first-order chi connectivity index (χ1) is 11.3. The van der Waals surface area contributed by atoms with E-state index in [-0.39, 0.29) is 25.2 Å². The number of alkyl halides is 2. The van der Waals surface area contributed by atoms with Gasteiger partial charge in [-0.05, 0) is 49.6 Å². The molecule has 8 heteroatoms. The highest BCUT2D eigenvalue weighted by molar-refractivity contribution is 5.85. The highest BCUT2D eigenvalue weighted by Gasteiger charge is 2.61. The lowest BCUT2D eigenvalue weighted by Gasteiger charge is -2.41. The predicted octanol–water partition coefficient (Wildman–Crippen LogP) is 2.18. The van der Waals surface area contributed by atoms with Crippen LogP contribution in [-0.2, 0) is 11.3 Å². The first-order valence-corrected chi connectivity index (χ1v) is 7.51. The Morgan fingerprint density at radius 1 is 1.29 bits per heavy atom. The second-order valence-corrected chi connectivity index (χ2v) is 5.87. The zero-order valence-corrected chi connectivity index (χ0v) is 12.7. The van der Waals surface area contributed by atoms with Crippen LogP contribution in [0.2, 0.25) is 0 Å². The Kier molecular flexibility index (Phi) is 4.08. The van der Waals surface area contributed by atoms with E-state index in [9.17, 15) is 23.1 Å². The van der Waals surface area contributed by atoms with E-state index < -0.39 is 17.4 Å². The molecule has 0 unspecified atom stereocenters. The number of carbonyl (C=O) groups excluding carboxylic acids is 1. The number of benzene rings is 1. The fourth-order valence-corrected chi connectivity index (χ4v) is 2.51. The smallest absolute Gasteiger partial charge is 0.352 e. The highest BCUT2D eigenvalue weighted by Crippen LogP contribution is 2.44. The number of amides is 1. The van der Waals surface area contributed by atoms with Gasteiger partial charge in [0.05, 0.1) is 17.9 Å². The van der Waals surface area contributed by atoms with Crippen LogP contribution in [0.3, 0.4) is 0 Å². The summed E-state index contributed by atoms with van der Waals surface area (Å²) in [5.41, 5.74) is -1.28. The van der Waals surface area contributed by atoms with E-state index in [1.165, 1.54) is 28.9 Å².